The van der Waals surface area contributed by atoms with Crippen molar-refractivity contribution in [3.63, 3.8) is 0 Å². The average Bonchev–Trinajstić information content (AvgIpc) is 2.98. The number of carbonyl (C=O) groups is 2. The fourth-order valence-electron chi connectivity index (χ4n) is 5.61. The Kier molecular flexibility index (Phi) is 10.9. The summed E-state index contributed by atoms with van der Waals surface area (Å²) in [6.45, 7) is 9.56. The molecule has 5 N–H and O–H groups in total. The van der Waals surface area contributed by atoms with E-state index in [0.29, 0.717) is 23.3 Å². The molecule has 14 heteroatoms. The number of amides is 1. The van der Waals surface area contributed by atoms with Crippen LogP contribution < -0.4 is 25.7 Å². The fourth-order valence-corrected chi connectivity index (χ4v) is 7.40. The monoisotopic (exact) mass is 729 g/mol. The van der Waals surface area contributed by atoms with Crippen LogP contribution in [0.2, 0.25) is 0 Å². The van der Waals surface area contributed by atoms with E-state index in [9.17, 15) is 27.9 Å². The molecular weight excluding hydrogens is 690 g/mol. The number of hydrogen-bond donors (Lipinski definition) is 5. The Bertz CT molecular complexity index is 1870. The molecule has 4 rings (SSSR count). The number of pyridine rings is 1. The Labute approximate surface area is 282 Å². The summed E-state index contributed by atoms with van der Waals surface area (Å²) in [4.78, 5) is 38.0. The third kappa shape index (κ3) is 8.41. The highest BCUT2D eigenvalue weighted by atomic mass is 79.9. The lowest BCUT2D eigenvalue weighted by Gasteiger charge is -2.35. The number of sulfonamides is 1. The summed E-state index contributed by atoms with van der Waals surface area (Å²) >= 11 is 3.36. The van der Waals surface area contributed by atoms with Gasteiger partial charge in [-0.2, -0.15) is 0 Å². The van der Waals surface area contributed by atoms with Gasteiger partial charge in [0.15, 0.2) is 0 Å². The fraction of sp³-hybridized carbons (Fsp3) is 0.394. The third-order valence-corrected chi connectivity index (χ3v) is 10.4. The van der Waals surface area contributed by atoms with Crippen molar-refractivity contribution in [2.75, 3.05) is 6.54 Å². The highest BCUT2D eigenvalue weighted by Crippen LogP contribution is 2.42. The zero-order valence-electron chi connectivity index (χ0n) is 27.0. The van der Waals surface area contributed by atoms with Gasteiger partial charge >= 0.3 is 5.97 Å². The zero-order chi connectivity index (χ0) is 34.7. The van der Waals surface area contributed by atoms with Gasteiger partial charge in [0, 0.05) is 17.2 Å². The Hall–Kier alpha value is -4.17. The lowest BCUT2D eigenvalue weighted by Crippen LogP contribution is -2.44. The number of ether oxygens (including phenoxy) is 1. The van der Waals surface area contributed by atoms with Crippen molar-refractivity contribution in [2.24, 2.45) is 0 Å². The number of nitrogens with zero attached hydrogens (tertiary/aromatic N) is 1. The topological polar surface area (TPSA) is 180 Å². The standard InChI is InChI=1S/C33H40BrN5O7S/c1-19-20(2)28(21(3)24-14-15-33(4,5)46-27(19)24)47(44,45)38-32(35)36-16-6-9-26(31(42)43)37-29(40)25-8-7-17-39(30(25)41)18-22-10-12-23(34)13-11-22/h7-8,10-13,17,26H,6,9,14-16,18H2,1-5H3,(H,37,40)(H,42,43)(H3,35,36,38)/t26-/m0/s1. The van der Waals surface area contributed by atoms with E-state index in [1.54, 1.807) is 26.1 Å². The van der Waals surface area contributed by atoms with Gasteiger partial charge in [-0.05, 0) is 112 Å². The van der Waals surface area contributed by atoms with E-state index < -0.39 is 39.5 Å². The number of rotatable bonds is 11. The molecule has 1 aliphatic heterocycles. The van der Waals surface area contributed by atoms with E-state index in [0.717, 1.165) is 27.6 Å². The maximum atomic E-state index is 13.4. The summed E-state index contributed by atoms with van der Waals surface area (Å²) < 4.78 is 37.6. The summed E-state index contributed by atoms with van der Waals surface area (Å²) in [7, 11) is -4.13. The quantitative estimate of drug-likeness (QED) is 0.111. The second-order valence-electron chi connectivity index (χ2n) is 12.3. The summed E-state index contributed by atoms with van der Waals surface area (Å²) in [6.07, 6.45) is 3.09. The molecule has 3 aromatic rings. The molecule has 0 radical (unpaired) electrons. The second kappa shape index (κ2) is 14.3. The van der Waals surface area contributed by atoms with Crippen molar-refractivity contribution in [1.29, 1.82) is 5.41 Å². The Morgan fingerprint density at radius 2 is 1.79 bits per heavy atom. The van der Waals surface area contributed by atoms with Gasteiger partial charge in [-0.25, -0.2) is 17.9 Å². The van der Waals surface area contributed by atoms with Crippen LogP contribution in [-0.4, -0.2) is 54.1 Å². The largest absolute Gasteiger partial charge is 0.487 e. The first-order valence-corrected chi connectivity index (χ1v) is 17.4. The molecule has 0 bridgehead atoms. The van der Waals surface area contributed by atoms with E-state index in [1.165, 1.54) is 10.6 Å². The normalized spacial score (nSPS) is 14.3. The number of hydrogen-bond acceptors (Lipinski definition) is 7. The van der Waals surface area contributed by atoms with Crippen LogP contribution in [0.1, 0.15) is 71.3 Å². The number of carboxylic acids is 1. The SMILES string of the molecule is Cc1c(C)c(S(=O)(=O)NC(=N)NCCC[C@H](NC(=O)c2cccn(Cc3ccc(Br)cc3)c2=O)C(=O)O)c(C)c2c1OC(C)(C)CC2. The number of fused-ring (bicyclic) bond motifs is 1. The molecule has 0 saturated carbocycles. The van der Waals surface area contributed by atoms with Gasteiger partial charge < -0.3 is 25.0 Å². The maximum absolute atomic E-state index is 13.4. The molecule has 1 amide bonds. The molecule has 2 aromatic carbocycles. The van der Waals surface area contributed by atoms with Crippen LogP contribution in [0.3, 0.4) is 0 Å². The lowest BCUT2D eigenvalue weighted by atomic mass is 9.88. The Balaban J connectivity index is 1.35. The Morgan fingerprint density at radius 1 is 1.11 bits per heavy atom. The first kappa shape index (κ1) is 35.7. The maximum Gasteiger partial charge on any atom is 0.326 e. The van der Waals surface area contributed by atoms with Gasteiger partial charge in [0.25, 0.3) is 21.5 Å². The van der Waals surface area contributed by atoms with Crippen LogP contribution in [0.5, 0.6) is 5.75 Å². The molecule has 1 atom stereocenters. The van der Waals surface area contributed by atoms with Gasteiger partial charge in [0.2, 0.25) is 5.96 Å². The molecule has 2 heterocycles. The molecule has 252 valence electrons. The predicted molar refractivity (Wildman–Crippen MR) is 182 cm³/mol. The van der Waals surface area contributed by atoms with Crippen LogP contribution in [0.25, 0.3) is 0 Å². The minimum absolute atomic E-state index is 0.0351. The number of benzene rings is 2. The van der Waals surface area contributed by atoms with Crippen LogP contribution in [0, 0.1) is 26.2 Å². The van der Waals surface area contributed by atoms with Crippen molar-refractivity contribution in [1.82, 2.24) is 19.9 Å². The van der Waals surface area contributed by atoms with Crippen molar-refractivity contribution in [3.05, 3.63) is 90.8 Å². The lowest BCUT2D eigenvalue weighted by molar-refractivity contribution is -0.139. The summed E-state index contributed by atoms with van der Waals surface area (Å²) in [6, 6.07) is 8.94. The Morgan fingerprint density at radius 3 is 2.45 bits per heavy atom. The summed E-state index contributed by atoms with van der Waals surface area (Å²) in [5, 5.41) is 23.0. The molecular formula is C33H40BrN5O7S. The molecule has 0 fully saturated rings. The first-order chi connectivity index (χ1) is 22.0. The van der Waals surface area contributed by atoms with Crippen LogP contribution in [0.15, 0.2) is 56.8 Å². The van der Waals surface area contributed by atoms with Crippen LogP contribution in [0.4, 0.5) is 0 Å². The molecule has 0 saturated heterocycles. The molecule has 0 spiro atoms. The van der Waals surface area contributed by atoms with Crippen molar-refractivity contribution in [2.45, 2.75) is 83.4 Å². The van der Waals surface area contributed by atoms with Gasteiger partial charge in [0.1, 0.15) is 23.0 Å². The summed E-state index contributed by atoms with van der Waals surface area (Å²) in [5.41, 5.74) is 2.44. The second-order valence-corrected chi connectivity index (χ2v) is 14.8. The number of carboxylic acid groups (broad SMARTS) is 1. The number of nitrogens with one attached hydrogen (secondary N) is 4. The smallest absolute Gasteiger partial charge is 0.326 e. The number of aromatic nitrogens is 1. The number of carbonyl (C=O) groups excluding carboxylic acids is 1. The molecule has 1 aliphatic rings. The molecule has 47 heavy (non-hydrogen) atoms. The van der Waals surface area contributed by atoms with Gasteiger partial charge in [-0.15, -0.1) is 0 Å². The van der Waals surface area contributed by atoms with Crippen LogP contribution >= 0.6 is 15.9 Å². The van der Waals surface area contributed by atoms with E-state index in [1.807, 2.05) is 45.0 Å². The van der Waals surface area contributed by atoms with E-state index in [2.05, 4.69) is 31.3 Å². The number of guanidine groups is 1. The highest BCUT2D eigenvalue weighted by Gasteiger charge is 2.33. The van der Waals surface area contributed by atoms with E-state index in [4.69, 9.17) is 10.1 Å². The van der Waals surface area contributed by atoms with Crippen molar-refractivity contribution < 1.29 is 27.9 Å². The van der Waals surface area contributed by atoms with E-state index in [-0.39, 0.29) is 42.0 Å². The molecule has 0 unspecified atom stereocenters. The molecule has 1 aromatic heterocycles. The van der Waals surface area contributed by atoms with Crippen molar-refractivity contribution >= 4 is 43.8 Å². The minimum Gasteiger partial charge on any atom is -0.487 e. The van der Waals surface area contributed by atoms with Gasteiger partial charge in [-0.1, -0.05) is 28.1 Å². The zero-order valence-corrected chi connectivity index (χ0v) is 29.4. The third-order valence-electron chi connectivity index (χ3n) is 8.28. The highest BCUT2D eigenvalue weighted by molar-refractivity contribution is 9.10. The average molecular weight is 731 g/mol. The number of halogens is 1. The molecule has 12 nitrogen and oxygen atoms in total. The first-order valence-electron chi connectivity index (χ1n) is 15.1. The molecule has 0 aliphatic carbocycles. The van der Waals surface area contributed by atoms with Crippen LogP contribution in [-0.2, 0) is 27.8 Å². The predicted octanol–water partition coefficient (Wildman–Crippen LogP) is 4.15. The minimum atomic E-state index is -4.13. The van der Waals surface area contributed by atoms with E-state index >= 15 is 0 Å². The summed E-state index contributed by atoms with van der Waals surface area (Å²) in [5.74, 6) is -1.87. The van der Waals surface area contributed by atoms with Crippen molar-refractivity contribution in [3.8, 4) is 5.75 Å². The van der Waals surface area contributed by atoms with Gasteiger partial charge in [0.05, 0.1) is 11.4 Å². The number of aliphatic carboxylic acids is 1. The van der Waals surface area contributed by atoms with Gasteiger partial charge in [-0.3, -0.25) is 15.0 Å².